The lowest BCUT2D eigenvalue weighted by molar-refractivity contribution is 0.331. The highest BCUT2D eigenvalue weighted by Crippen LogP contribution is 2.26. The molecule has 0 amide bonds. The van der Waals surface area contributed by atoms with E-state index in [0.717, 1.165) is 17.1 Å². The maximum Gasteiger partial charge on any atom is 0.144 e. The molecule has 0 fully saturated rings. The van der Waals surface area contributed by atoms with Crippen molar-refractivity contribution in [2.24, 2.45) is 5.73 Å². The van der Waals surface area contributed by atoms with E-state index in [1.54, 1.807) is 0 Å². The van der Waals surface area contributed by atoms with Gasteiger partial charge in [-0.2, -0.15) is 0 Å². The molecule has 0 aliphatic heterocycles. The zero-order valence-corrected chi connectivity index (χ0v) is 8.89. The van der Waals surface area contributed by atoms with Crippen molar-refractivity contribution in [1.82, 2.24) is 0 Å². The molecular formula is C13H14N2O. The van der Waals surface area contributed by atoms with Crippen LogP contribution in [0.4, 0.5) is 11.4 Å². The molecule has 0 aromatic heterocycles. The quantitative estimate of drug-likeness (QED) is 0.769. The zero-order chi connectivity index (χ0) is 11.2. The summed E-state index contributed by atoms with van der Waals surface area (Å²) in [7, 11) is 0. The number of rotatable bonds is 4. The van der Waals surface area contributed by atoms with Crippen LogP contribution in [0.2, 0.25) is 0 Å². The normalized spacial score (nSPS) is 9.81. The van der Waals surface area contributed by atoms with Gasteiger partial charge in [0.2, 0.25) is 0 Å². The fourth-order valence-electron chi connectivity index (χ4n) is 1.46. The average Bonchev–Trinajstić information content (AvgIpc) is 2.33. The first-order chi connectivity index (χ1) is 7.90. The molecule has 0 aliphatic rings. The molecule has 0 bridgehead atoms. The lowest BCUT2D eigenvalue weighted by Gasteiger charge is -2.11. The van der Waals surface area contributed by atoms with Crippen LogP contribution in [0.1, 0.15) is 0 Å². The first kappa shape index (κ1) is 10.5. The van der Waals surface area contributed by atoms with Crippen molar-refractivity contribution < 1.29 is 4.74 Å². The Bertz CT molecular complexity index is 443. The van der Waals surface area contributed by atoms with Gasteiger partial charge in [0.05, 0.1) is 5.69 Å². The van der Waals surface area contributed by atoms with Crippen molar-refractivity contribution in [2.75, 3.05) is 12.0 Å². The summed E-state index contributed by atoms with van der Waals surface area (Å²) in [5, 5.41) is 3.28. The maximum atomic E-state index is 5.37. The van der Waals surface area contributed by atoms with Crippen LogP contribution in [0.25, 0.3) is 0 Å². The molecule has 0 saturated carbocycles. The minimum atomic E-state index is 0.174. The summed E-state index contributed by atoms with van der Waals surface area (Å²) >= 11 is 0. The monoisotopic (exact) mass is 214 g/mol. The van der Waals surface area contributed by atoms with Gasteiger partial charge in [-0.25, -0.2) is 0 Å². The van der Waals surface area contributed by atoms with E-state index in [4.69, 9.17) is 10.5 Å². The molecule has 2 rings (SSSR count). The van der Waals surface area contributed by atoms with Crippen LogP contribution in [-0.4, -0.2) is 6.73 Å². The van der Waals surface area contributed by atoms with Crippen LogP contribution in [-0.2, 0) is 0 Å². The van der Waals surface area contributed by atoms with Gasteiger partial charge in [0.25, 0.3) is 0 Å². The molecule has 0 unspecified atom stereocenters. The van der Waals surface area contributed by atoms with Gasteiger partial charge in [-0.15, -0.1) is 0 Å². The van der Waals surface area contributed by atoms with E-state index in [-0.39, 0.29) is 6.73 Å². The molecule has 0 spiro atoms. The predicted molar refractivity (Wildman–Crippen MR) is 65.8 cm³/mol. The smallest absolute Gasteiger partial charge is 0.144 e. The maximum absolute atomic E-state index is 5.37. The third kappa shape index (κ3) is 2.52. The molecular weight excluding hydrogens is 200 g/mol. The Kier molecular flexibility index (Phi) is 3.41. The molecule has 0 saturated heterocycles. The molecule has 3 heteroatoms. The SMILES string of the molecule is NCOc1ccccc1Nc1ccccc1. The molecule has 3 N–H and O–H groups in total. The lowest BCUT2D eigenvalue weighted by atomic mass is 10.2. The van der Waals surface area contributed by atoms with E-state index in [1.807, 2.05) is 54.6 Å². The number of anilines is 2. The van der Waals surface area contributed by atoms with Crippen molar-refractivity contribution in [3.63, 3.8) is 0 Å². The summed E-state index contributed by atoms with van der Waals surface area (Å²) in [5.41, 5.74) is 7.31. The summed E-state index contributed by atoms with van der Waals surface area (Å²) < 4.78 is 5.32. The van der Waals surface area contributed by atoms with Gasteiger partial charge in [-0.1, -0.05) is 30.3 Å². The summed E-state index contributed by atoms with van der Waals surface area (Å²) in [6.45, 7) is 0.174. The van der Waals surface area contributed by atoms with Gasteiger partial charge < -0.3 is 10.1 Å². The van der Waals surface area contributed by atoms with Crippen LogP contribution >= 0.6 is 0 Å². The molecule has 82 valence electrons. The number of nitrogens with one attached hydrogen (secondary N) is 1. The third-order valence-electron chi connectivity index (χ3n) is 2.18. The molecule has 2 aromatic rings. The standard InChI is InChI=1S/C13H14N2O/c14-10-16-13-9-5-4-8-12(13)15-11-6-2-1-3-7-11/h1-9,15H,10,14H2. The third-order valence-corrected chi connectivity index (χ3v) is 2.18. The summed E-state index contributed by atoms with van der Waals surface area (Å²) in [4.78, 5) is 0. The Morgan fingerprint density at radius 1 is 0.938 bits per heavy atom. The first-order valence-corrected chi connectivity index (χ1v) is 5.14. The first-order valence-electron chi connectivity index (χ1n) is 5.14. The second kappa shape index (κ2) is 5.19. The van der Waals surface area contributed by atoms with E-state index >= 15 is 0 Å². The Morgan fingerprint density at radius 3 is 2.38 bits per heavy atom. The largest absolute Gasteiger partial charge is 0.476 e. The molecule has 0 heterocycles. The Labute approximate surface area is 94.9 Å². The van der Waals surface area contributed by atoms with Crippen LogP contribution in [0.15, 0.2) is 54.6 Å². The van der Waals surface area contributed by atoms with E-state index in [0.29, 0.717) is 0 Å². The van der Waals surface area contributed by atoms with Crippen LogP contribution < -0.4 is 15.8 Å². The predicted octanol–water partition coefficient (Wildman–Crippen LogP) is 2.73. The molecule has 0 atom stereocenters. The number of ether oxygens (including phenoxy) is 1. The Morgan fingerprint density at radius 2 is 1.62 bits per heavy atom. The Balaban J connectivity index is 2.21. The van der Waals surface area contributed by atoms with Gasteiger partial charge in [0.15, 0.2) is 0 Å². The highest BCUT2D eigenvalue weighted by atomic mass is 16.5. The summed E-state index contributed by atoms with van der Waals surface area (Å²) in [6.07, 6.45) is 0. The molecule has 0 radical (unpaired) electrons. The lowest BCUT2D eigenvalue weighted by Crippen LogP contribution is -2.08. The van der Waals surface area contributed by atoms with Crippen molar-refractivity contribution in [3.8, 4) is 5.75 Å². The highest BCUT2D eigenvalue weighted by Gasteiger charge is 2.01. The molecule has 0 aliphatic carbocycles. The van der Waals surface area contributed by atoms with Crippen molar-refractivity contribution in [2.45, 2.75) is 0 Å². The van der Waals surface area contributed by atoms with E-state index in [9.17, 15) is 0 Å². The van der Waals surface area contributed by atoms with Gasteiger partial charge in [-0.3, -0.25) is 5.73 Å². The van der Waals surface area contributed by atoms with Gasteiger partial charge in [0, 0.05) is 5.69 Å². The van der Waals surface area contributed by atoms with E-state index in [2.05, 4.69) is 5.32 Å². The number of benzene rings is 2. The number of hydrogen-bond donors (Lipinski definition) is 2. The van der Waals surface area contributed by atoms with Crippen molar-refractivity contribution >= 4 is 11.4 Å². The summed E-state index contributed by atoms with van der Waals surface area (Å²) in [5.74, 6) is 0.758. The number of nitrogens with two attached hydrogens (primary N) is 1. The van der Waals surface area contributed by atoms with E-state index in [1.165, 1.54) is 0 Å². The zero-order valence-electron chi connectivity index (χ0n) is 8.89. The van der Waals surface area contributed by atoms with Gasteiger partial charge in [-0.05, 0) is 24.3 Å². The topological polar surface area (TPSA) is 47.3 Å². The van der Waals surface area contributed by atoms with Crippen molar-refractivity contribution in [1.29, 1.82) is 0 Å². The number of hydrogen-bond acceptors (Lipinski definition) is 3. The Hall–Kier alpha value is -2.00. The fourth-order valence-corrected chi connectivity index (χ4v) is 1.46. The number of para-hydroxylation sites is 3. The average molecular weight is 214 g/mol. The van der Waals surface area contributed by atoms with Crippen LogP contribution in [0.3, 0.4) is 0 Å². The van der Waals surface area contributed by atoms with Crippen LogP contribution in [0.5, 0.6) is 5.75 Å². The minimum absolute atomic E-state index is 0.174. The van der Waals surface area contributed by atoms with Gasteiger partial charge in [0.1, 0.15) is 12.5 Å². The molecule has 3 nitrogen and oxygen atoms in total. The molecule has 2 aromatic carbocycles. The molecule has 16 heavy (non-hydrogen) atoms. The second-order valence-electron chi connectivity index (χ2n) is 3.30. The second-order valence-corrected chi connectivity index (χ2v) is 3.30. The van der Waals surface area contributed by atoms with E-state index < -0.39 is 0 Å². The van der Waals surface area contributed by atoms with Crippen molar-refractivity contribution in [3.05, 3.63) is 54.6 Å². The highest BCUT2D eigenvalue weighted by molar-refractivity contribution is 5.65. The fraction of sp³-hybridized carbons (Fsp3) is 0.0769. The van der Waals surface area contributed by atoms with Crippen LogP contribution in [0, 0.1) is 0 Å². The van der Waals surface area contributed by atoms with Gasteiger partial charge >= 0.3 is 0 Å². The minimum Gasteiger partial charge on any atom is -0.476 e. The summed E-state index contributed by atoms with van der Waals surface area (Å²) in [6, 6.07) is 17.7.